The molecule has 1 heterocycles. The number of nitrogens with one attached hydrogen (secondary N) is 1. The molecule has 2 aromatic carbocycles. The summed E-state index contributed by atoms with van der Waals surface area (Å²) in [6, 6.07) is 16.5. The van der Waals surface area contributed by atoms with E-state index in [1.807, 2.05) is 51.1 Å². The van der Waals surface area contributed by atoms with E-state index in [-0.39, 0.29) is 29.3 Å². The Balaban J connectivity index is 2.02. The molecule has 0 radical (unpaired) electrons. The maximum absolute atomic E-state index is 13.3. The molecule has 0 aliphatic heterocycles. The van der Waals surface area contributed by atoms with Crippen molar-refractivity contribution in [1.29, 1.82) is 0 Å². The van der Waals surface area contributed by atoms with E-state index in [9.17, 15) is 9.59 Å². The van der Waals surface area contributed by atoms with Crippen molar-refractivity contribution >= 4 is 17.5 Å². The minimum atomic E-state index is -0.337. The average Bonchev–Trinajstić information content (AvgIpc) is 3.19. The van der Waals surface area contributed by atoms with Crippen LogP contribution in [0.15, 0.2) is 65.4 Å². The third kappa shape index (κ3) is 3.96. The fourth-order valence-electron chi connectivity index (χ4n) is 2.99. The Morgan fingerprint density at radius 1 is 1.07 bits per heavy atom. The van der Waals surface area contributed by atoms with Crippen molar-refractivity contribution in [1.82, 2.24) is 10.3 Å². The van der Waals surface area contributed by atoms with Crippen LogP contribution in [0.25, 0.3) is 11.3 Å². The van der Waals surface area contributed by atoms with Crippen molar-refractivity contribution in [2.75, 3.05) is 11.4 Å². The van der Waals surface area contributed by atoms with Crippen molar-refractivity contribution in [2.45, 2.75) is 26.8 Å². The van der Waals surface area contributed by atoms with Gasteiger partial charge in [0.15, 0.2) is 17.8 Å². The largest absolute Gasteiger partial charge is 0.443 e. The number of benzene rings is 2. The van der Waals surface area contributed by atoms with E-state index in [1.165, 1.54) is 6.39 Å². The zero-order valence-corrected chi connectivity index (χ0v) is 16.2. The summed E-state index contributed by atoms with van der Waals surface area (Å²) in [5.74, 6) is -0.224. The van der Waals surface area contributed by atoms with Gasteiger partial charge in [-0.2, -0.15) is 0 Å². The molecule has 0 aliphatic rings. The maximum atomic E-state index is 13.3. The van der Waals surface area contributed by atoms with Gasteiger partial charge in [-0.25, -0.2) is 4.98 Å². The Morgan fingerprint density at radius 2 is 1.75 bits per heavy atom. The van der Waals surface area contributed by atoms with Crippen LogP contribution in [0.5, 0.6) is 0 Å². The topological polar surface area (TPSA) is 75.4 Å². The number of amides is 2. The van der Waals surface area contributed by atoms with Gasteiger partial charge in [-0.1, -0.05) is 36.4 Å². The predicted octanol–water partition coefficient (Wildman–Crippen LogP) is 4.15. The number of hydrogen-bond donors (Lipinski definition) is 1. The number of carbonyl (C=O) groups is 2. The van der Waals surface area contributed by atoms with E-state index >= 15 is 0 Å². The molecular formula is C22H23N3O3. The van der Waals surface area contributed by atoms with Crippen LogP contribution in [-0.4, -0.2) is 29.4 Å². The summed E-state index contributed by atoms with van der Waals surface area (Å²) in [6.07, 6.45) is 1.22. The second-order valence-corrected chi connectivity index (χ2v) is 6.59. The van der Waals surface area contributed by atoms with Crippen molar-refractivity contribution in [2.24, 2.45) is 0 Å². The summed E-state index contributed by atoms with van der Waals surface area (Å²) in [7, 11) is 0. The summed E-state index contributed by atoms with van der Waals surface area (Å²) in [4.78, 5) is 31.5. The molecule has 144 valence electrons. The third-order valence-electron chi connectivity index (χ3n) is 4.23. The summed E-state index contributed by atoms with van der Waals surface area (Å²) in [5, 5.41) is 2.81. The van der Waals surface area contributed by atoms with Crippen LogP contribution in [0.3, 0.4) is 0 Å². The molecule has 2 amide bonds. The molecule has 0 aliphatic carbocycles. The molecule has 0 bridgehead atoms. The molecule has 0 saturated carbocycles. The lowest BCUT2D eigenvalue weighted by Crippen LogP contribution is -2.32. The zero-order chi connectivity index (χ0) is 20.1. The number of aromatic nitrogens is 1. The normalized spacial score (nSPS) is 10.7. The highest BCUT2D eigenvalue weighted by Crippen LogP contribution is 2.29. The van der Waals surface area contributed by atoms with Gasteiger partial charge in [-0.3, -0.25) is 9.59 Å². The zero-order valence-electron chi connectivity index (χ0n) is 16.2. The molecule has 1 N–H and O–H groups in total. The molecule has 3 rings (SSSR count). The van der Waals surface area contributed by atoms with E-state index < -0.39 is 0 Å². The van der Waals surface area contributed by atoms with Gasteiger partial charge in [-0.05, 0) is 39.0 Å². The lowest BCUT2D eigenvalue weighted by Gasteiger charge is -2.22. The van der Waals surface area contributed by atoms with E-state index in [0.29, 0.717) is 17.7 Å². The molecule has 0 unspecified atom stereocenters. The molecule has 3 aromatic rings. The molecule has 6 heteroatoms. The third-order valence-corrected chi connectivity index (χ3v) is 4.23. The molecule has 0 saturated heterocycles. The van der Waals surface area contributed by atoms with Gasteiger partial charge in [0.2, 0.25) is 0 Å². The van der Waals surface area contributed by atoms with Gasteiger partial charge in [0.1, 0.15) is 0 Å². The number of nitrogens with zero attached hydrogens (tertiary/aromatic N) is 2. The van der Waals surface area contributed by atoms with Gasteiger partial charge in [0.25, 0.3) is 11.8 Å². The summed E-state index contributed by atoms with van der Waals surface area (Å²) < 4.78 is 5.52. The van der Waals surface area contributed by atoms with Crippen LogP contribution in [0.4, 0.5) is 5.69 Å². The smallest absolute Gasteiger partial charge is 0.274 e. The monoisotopic (exact) mass is 377 g/mol. The first-order valence-corrected chi connectivity index (χ1v) is 9.23. The molecule has 6 nitrogen and oxygen atoms in total. The molecule has 0 atom stereocenters. The quantitative estimate of drug-likeness (QED) is 0.700. The minimum Gasteiger partial charge on any atom is -0.443 e. The van der Waals surface area contributed by atoms with Crippen LogP contribution in [0.2, 0.25) is 0 Å². The van der Waals surface area contributed by atoms with Crippen molar-refractivity contribution in [3.63, 3.8) is 0 Å². The van der Waals surface area contributed by atoms with Crippen LogP contribution in [-0.2, 0) is 0 Å². The van der Waals surface area contributed by atoms with Gasteiger partial charge in [0.05, 0.1) is 5.56 Å². The number of rotatable bonds is 6. The SMILES string of the molecule is CCN(C(=O)c1ccccc1-c1ocnc1C(=O)NC(C)C)c1ccccc1. The van der Waals surface area contributed by atoms with Gasteiger partial charge in [-0.15, -0.1) is 0 Å². The van der Waals surface area contributed by atoms with Crippen LogP contribution >= 0.6 is 0 Å². The Labute approximate surface area is 164 Å². The number of hydrogen-bond acceptors (Lipinski definition) is 4. The first kappa shape index (κ1) is 19.4. The van der Waals surface area contributed by atoms with Crippen LogP contribution in [0, 0.1) is 0 Å². The van der Waals surface area contributed by atoms with Gasteiger partial charge >= 0.3 is 0 Å². The Hall–Kier alpha value is -3.41. The minimum absolute atomic E-state index is 0.0393. The fourth-order valence-corrected chi connectivity index (χ4v) is 2.99. The van der Waals surface area contributed by atoms with E-state index in [0.717, 1.165) is 5.69 Å². The lowest BCUT2D eigenvalue weighted by molar-refractivity contribution is 0.0937. The Bertz CT molecular complexity index is 964. The van der Waals surface area contributed by atoms with E-state index in [2.05, 4.69) is 10.3 Å². The molecular weight excluding hydrogens is 354 g/mol. The van der Waals surface area contributed by atoms with E-state index in [1.54, 1.807) is 29.2 Å². The predicted molar refractivity (Wildman–Crippen MR) is 108 cm³/mol. The highest BCUT2D eigenvalue weighted by atomic mass is 16.3. The number of anilines is 1. The van der Waals surface area contributed by atoms with Crippen LogP contribution in [0.1, 0.15) is 41.6 Å². The summed E-state index contributed by atoms with van der Waals surface area (Å²) in [5.41, 5.74) is 1.95. The highest BCUT2D eigenvalue weighted by molar-refractivity contribution is 6.11. The maximum Gasteiger partial charge on any atom is 0.274 e. The molecule has 28 heavy (non-hydrogen) atoms. The Morgan fingerprint density at radius 3 is 2.43 bits per heavy atom. The van der Waals surface area contributed by atoms with Gasteiger partial charge in [0, 0.05) is 23.8 Å². The summed E-state index contributed by atoms with van der Waals surface area (Å²) in [6.45, 7) is 6.17. The Kier molecular flexibility index (Phi) is 5.89. The number of para-hydroxylation sites is 1. The first-order valence-electron chi connectivity index (χ1n) is 9.23. The number of carbonyl (C=O) groups excluding carboxylic acids is 2. The van der Waals surface area contributed by atoms with Gasteiger partial charge < -0.3 is 14.6 Å². The molecule has 0 fully saturated rings. The molecule has 1 aromatic heterocycles. The second-order valence-electron chi connectivity index (χ2n) is 6.59. The second kappa shape index (κ2) is 8.52. The average molecular weight is 377 g/mol. The standard InChI is InChI=1S/C22H23N3O3/c1-4-25(16-10-6-5-7-11-16)22(27)18-13-9-8-12-17(18)20-19(23-14-28-20)21(26)24-15(2)3/h5-15H,4H2,1-3H3,(H,24,26). The van der Waals surface area contributed by atoms with Crippen LogP contribution < -0.4 is 10.2 Å². The lowest BCUT2D eigenvalue weighted by atomic mass is 10.0. The highest BCUT2D eigenvalue weighted by Gasteiger charge is 2.25. The van der Waals surface area contributed by atoms with Crippen molar-refractivity contribution in [3.8, 4) is 11.3 Å². The van der Waals surface area contributed by atoms with Crippen molar-refractivity contribution in [3.05, 3.63) is 72.2 Å². The number of oxazole rings is 1. The van der Waals surface area contributed by atoms with E-state index in [4.69, 9.17) is 4.42 Å². The summed E-state index contributed by atoms with van der Waals surface area (Å²) >= 11 is 0. The van der Waals surface area contributed by atoms with Crippen molar-refractivity contribution < 1.29 is 14.0 Å². The fraction of sp³-hybridized carbons (Fsp3) is 0.227. The first-order chi connectivity index (χ1) is 13.5. The molecule has 0 spiro atoms.